The number of nitrogens with zero attached hydrogens (tertiary/aromatic N) is 3. The molecule has 6 heteroatoms. The topological polar surface area (TPSA) is 68.2 Å². The second kappa shape index (κ2) is 5.95. The maximum atomic E-state index is 14.1. The third-order valence-corrected chi connectivity index (χ3v) is 3.71. The predicted molar refractivity (Wildman–Crippen MR) is 79.6 cm³/mol. The van der Waals surface area contributed by atoms with Gasteiger partial charge in [0.05, 0.1) is 12.2 Å². The lowest BCUT2D eigenvalue weighted by molar-refractivity contribution is 0.382. The van der Waals surface area contributed by atoms with E-state index in [-0.39, 0.29) is 12.4 Å². The first-order chi connectivity index (χ1) is 10.2. The summed E-state index contributed by atoms with van der Waals surface area (Å²) in [5.74, 6) is 0.0672. The molecule has 3 N–H and O–H groups in total. The summed E-state index contributed by atoms with van der Waals surface area (Å²) >= 11 is 0. The molecule has 1 fully saturated rings. The number of nitrogens with two attached hydrogens (primary N) is 1. The van der Waals surface area contributed by atoms with Gasteiger partial charge in [-0.25, -0.2) is 14.1 Å². The fourth-order valence-electron chi connectivity index (χ4n) is 2.30. The van der Waals surface area contributed by atoms with Crippen LogP contribution in [0.4, 0.5) is 4.39 Å². The Morgan fingerprint density at radius 2 is 2.29 bits per heavy atom. The molecule has 110 valence electrons. The molecule has 3 rings (SSSR count). The van der Waals surface area contributed by atoms with E-state index in [9.17, 15) is 4.39 Å². The van der Waals surface area contributed by atoms with Crippen molar-refractivity contribution in [3.05, 3.63) is 48.0 Å². The van der Waals surface area contributed by atoms with Crippen LogP contribution < -0.4 is 11.1 Å². The van der Waals surface area contributed by atoms with Gasteiger partial charge in [0.1, 0.15) is 5.82 Å². The van der Waals surface area contributed by atoms with Crippen molar-refractivity contribution in [1.82, 2.24) is 15.1 Å². The van der Waals surface area contributed by atoms with Crippen LogP contribution in [0, 0.1) is 5.82 Å². The molecule has 0 atom stereocenters. The normalized spacial score (nSPS) is 15.8. The molecule has 1 aliphatic carbocycles. The number of guanidine groups is 1. The SMILES string of the molecule is NC(=NCc1c(F)cccc1-n1cccn1)NC1CCC1. The Hall–Kier alpha value is -2.37. The summed E-state index contributed by atoms with van der Waals surface area (Å²) in [6.45, 7) is 0.188. The van der Waals surface area contributed by atoms with E-state index in [1.807, 2.05) is 6.07 Å². The van der Waals surface area contributed by atoms with Crippen molar-refractivity contribution in [3.8, 4) is 5.69 Å². The molecule has 5 nitrogen and oxygen atoms in total. The van der Waals surface area contributed by atoms with Crippen LogP contribution in [0.5, 0.6) is 0 Å². The van der Waals surface area contributed by atoms with E-state index in [0.717, 1.165) is 12.8 Å². The van der Waals surface area contributed by atoms with Gasteiger partial charge in [-0.15, -0.1) is 0 Å². The second-order valence-electron chi connectivity index (χ2n) is 5.16. The number of hydrogen-bond donors (Lipinski definition) is 2. The number of aromatic nitrogens is 2. The Morgan fingerprint density at radius 3 is 2.95 bits per heavy atom. The van der Waals surface area contributed by atoms with E-state index >= 15 is 0 Å². The third-order valence-electron chi connectivity index (χ3n) is 3.71. The number of hydrogen-bond acceptors (Lipinski definition) is 2. The summed E-state index contributed by atoms with van der Waals surface area (Å²) < 4.78 is 15.7. The van der Waals surface area contributed by atoms with E-state index in [0.29, 0.717) is 23.3 Å². The van der Waals surface area contributed by atoms with E-state index in [1.165, 1.54) is 12.5 Å². The van der Waals surface area contributed by atoms with Crippen LogP contribution in [-0.4, -0.2) is 21.8 Å². The smallest absolute Gasteiger partial charge is 0.189 e. The lowest BCUT2D eigenvalue weighted by Gasteiger charge is -2.26. The van der Waals surface area contributed by atoms with Crippen LogP contribution >= 0.6 is 0 Å². The van der Waals surface area contributed by atoms with Crippen LogP contribution in [0.1, 0.15) is 24.8 Å². The first kappa shape index (κ1) is 13.6. The van der Waals surface area contributed by atoms with Gasteiger partial charge in [0.25, 0.3) is 0 Å². The van der Waals surface area contributed by atoms with Gasteiger partial charge in [0.15, 0.2) is 5.96 Å². The lowest BCUT2D eigenvalue weighted by atomic mass is 9.93. The molecular weight excluding hydrogens is 269 g/mol. The number of rotatable bonds is 4. The van der Waals surface area contributed by atoms with Crippen LogP contribution in [0.15, 0.2) is 41.7 Å². The standard InChI is InChI=1S/C15H18FN5/c16-13-6-2-7-14(21-9-3-8-19-21)12(13)10-18-15(17)20-11-4-1-5-11/h2-3,6-9,11H,1,4-5,10H2,(H3,17,18,20). The minimum atomic E-state index is -0.303. The van der Waals surface area contributed by atoms with Gasteiger partial charge < -0.3 is 11.1 Å². The molecule has 1 heterocycles. The first-order valence-electron chi connectivity index (χ1n) is 7.08. The highest BCUT2D eigenvalue weighted by Crippen LogP contribution is 2.19. The number of aliphatic imine (C=N–C) groups is 1. The third kappa shape index (κ3) is 3.04. The summed E-state index contributed by atoms with van der Waals surface area (Å²) in [5, 5.41) is 7.28. The van der Waals surface area contributed by atoms with Crippen molar-refractivity contribution >= 4 is 5.96 Å². The van der Waals surface area contributed by atoms with Crippen LogP contribution in [0.2, 0.25) is 0 Å². The molecule has 0 bridgehead atoms. The molecule has 1 aliphatic rings. The Kier molecular flexibility index (Phi) is 3.85. The molecule has 2 aromatic rings. The minimum Gasteiger partial charge on any atom is -0.370 e. The summed E-state index contributed by atoms with van der Waals surface area (Å²) in [6, 6.07) is 7.11. The zero-order valence-corrected chi connectivity index (χ0v) is 11.7. The van der Waals surface area contributed by atoms with Gasteiger partial charge >= 0.3 is 0 Å². The highest BCUT2D eigenvalue weighted by Gasteiger charge is 2.17. The molecule has 1 saturated carbocycles. The molecular formula is C15H18FN5. The van der Waals surface area contributed by atoms with Gasteiger partial charge in [0, 0.05) is 24.0 Å². The number of benzene rings is 1. The van der Waals surface area contributed by atoms with E-state index < -0.39 is 0 Å². The number of nitrogens with one attached hydrogen (secondary N) is 1. The van der Waals surface area contributed by atoms with Crippen molar-refractivity contribution in [2.24, 2.45) is 10.7 Å². The zero-order chi connectivity index (χ0) is 14.7. The lowest BCUT2D eigenvalue weighted by Crippen LogP contribution is -2.43. The predicted octanol–water partition coefficient (Wildman–Crippen LogP) is 1.97. The van der Waals surface area contributed by atoms with Gasteiger partial charge in [-0.2, -0.15) is 5.10 Å². The Balaban J connectivity index is 1.79. The van der Waals surface area contributed by atoms with Crippen LogP contribution in [0.3, 0.4) is 0 Å². The quantitative estimate of drug-likeness (QED) is 0.667. The zero-order valence-electron chi connectivity index (χ0n) is 11.7. The number of halogens is 1. The van der Waals surface area contributed by atoms with Crippen molar-refractivity contribution in [2.45, 2.75) is 31.8 Å². The Morgan fingerprint density at radius 1 is 1.43 bits per heavy atom. The molecule has 21 heavy (non-hydrogen) atoms. The van der Waals surface area contributed by atoms with Gasteiger partial charge in [0.2, 0.25) is 0 Å². The molecule has 0 aliphatic heterocycles. The summed E-state index contributed by atoms with van der Waals surface area (Å²) in [6.07, 6.45) is 6.90. The van der Waals surface area contributed by atoms with Crippen LogP contribution in [0.25, 0.3) is 5.69 Å². The molecule has 0 saturated heterocycles. The van der Waals surface area contributed by atoms with Gasteiger partial charge in [-0.1, -0.05) is 6.07 Å². The molecule has 0 radical (unpaired) electrons. The van der Waals surface area contributed by atoms with Crippen molar-refractivity contribution in [3.63, 3.8) is 0 Å². The maximum absolute atomic E-state index is 14.1. The van der Waals surface area contributed by atoms with E-state index in [1.54, 1.807) is 29.2 Å². The molecule has 0 amide bonds. The minimum absolute atomic E-state index is 0.188. The highest BCUT2D eigenvalue weighted by molar-refractivity contribution is 5.78. The van der Waals surface area contributed by atoms with Gasteiger partial charge in [-0.3, -0.25) is 0 Å². The second-order valence-corrected chi connectivity index (χ2v) is 5.16. The van der Waals surface area contributed by atoms with Crippen molar-refractivity contribution in [2.75, 3.05) is 0 Å². The van der Waals surface area contributed by atoms with Gasteiger partial charge in [-0.05, 0) is 37.5 Å². The fraction of sp³-hybridized carbons (Fsp3) is 0.333. The average Bonchev–Trinajstić information content (AvgIpc) is 2.95. The summed E-state index contributed by atoms with van der Waals surface area (Å²) in [5.41, 5.74) is 7.01. The highest BCUT2D eigenvalue weighted by atomic mass is 19.1. The molecule has 0 spiro atoms. The van der Waals surface area contributed by atoms with Crippen molar-refractivity contribution < 1.29 is 4.39 Å². The first-order valence-corrected chi connectivity index (χ1v) is 7.08. The summed E-state index contributed by atoms with van der Waals surface area (Å²) in [7, 11) is 0. The van der Waals surface area contributed by atoms with E-state index in [4.69, 9.17) is 5.73 Å². The molecule has 1 aromatic carbocycles. The Bertz CT molecular complexity index is 632. The Labute approximate surface area is 122 Å². The van der Waals surface area contributed by atoms with Crippen LogP contribution in [-0.2, 0) is 6.54 Å². The maximum Gasteiger partial charge on any atom is 0.189 e. The fourth-order valence-corrected chi connectivity index (χ4v) is 2.30. The summed E-state index contributed by atoms with van der Waals surface area (Å²) in [4.78, 5) is 4.25. The molecule has 1 aromatic heterocycles. The monoisotopic (exact) mass is 287 g/mol. The average molecular weight is 287 g/mol. The van der Waals surface area contributed by atoms with Crippen molar-refractivity contribution in [1.29, 1.82) is 0 Å². The molecule has 0 unspecified atom stereocenters. The van der Waals surface area contributed by atoms with E-state index in [2.05, 4.69) is 15.4 Å². The largest absolute Gasteiger partial charge is 0.370 e.